The van der Waals surface area contributed by atoms with Gasteiger partial charge in [0.25, 0.3) is 0 Å². The fraction of sp³-hybridized carbons (Fsp3) is 0.833. The van der Waals surface area contributed by atoms with Gasteiger partial charge in [0.05, 0.1) is 26.2 Å². The smallest absolute Gasteiger partial charge is 0.309 e. The molecule has 0 saturated carbocycles. The Morgan fingerprint density at radius 2 is 1.09 bits per heavy atom. The molecule has 0 aromatic heterocycles. The Morgan fingerprint density at radius 1 is 0.727 bits per heavy atom. The number of thiol groups is 2. The molecule has 0 rings (SSSR count). The summed E-state index contributed by atoms with van der Waals surface area (Å²) < 4.78 is 0. The molecule has 0 radical (unpaired) electrons. The Bertz CT molecular complexity index is 252. The first-order valence-corrected chi connectivity index (χ1v) is 8.40. The molecular formula is C12H28Cl2N4O2S2. The van der Waals surface area contributed by atoms with Crippen LogP contribution in [-0.2, 0) is 9.59 Å². The van der Waals surface area contributed by atoms with Gasteiger partial charge in [0.1, 0.15) is 0 Å². The van der Waals surface area contributed by atoms with Crippen molar-refractivity contribution in [3.63, 3.8) is 0 Å². The average molecular weight is 395 g/mol. The molecule has 0 aliphatic heterocycles. The van der Waals surface area contributed by atoms with Crippen LogP contribution in [0.1, 0.15) is 12.8 Å². The highest BCUT2D eigenvalue weighted by atomic mass is 35.5. The van der Waals surface area contributed by atoms with Gasteiger partial charge in [-0.15, -0.1) is 0 Å². The first-order chi connectivity index (χ1) is 9.72. The predicted octanol–water partition coefficient (Wildman–Crippen LogP) is -9.01. The maximum Gasteiger partial charge on any atom is 0.309 e. The quantitative estimate of drug-likeness (QED) is 0.113. The lowest BCUT2D eigenvalue weighted by molar-refractivity contribution is -0.650. The van der Waals surface area contributed by atoms with Crippen molar-refractivity contribution in [1.82, 2.24) is 10.6 Å². The van der Waals surface area contributed by atoms with Crippen molar-refractivity contribution < 1.29 is 45.0 Å². The van der Waals surface area contributed by atoms with Gasteiger partial charge in [-0.1, -0.05) is 0 Å². The largest absolute Gasteiger partial charge is 1.00 e. The summed E-state index contributed by atoms with van der Waals surface area (Å²) in [6.45, 7) is 4.88. The summed E-state index contributed by atoms with van der Waals surface area (Å²) >= 11 is 8.21. The minimum Gasteiger partial charge on any atom is -1.00 e. The maximum atomic E-state index is 11.4. The normalized spacial score (nSPS) is 9.36. The summed E-state index contributed by atoms with van der Waals surface area (Å²) in [6, 6.07) is 0. The van der Waals surface area contributed by atoms with Crippen LogP contribution >= 0.6 is 25.3 Å². The van der Waals surface area contributed by atoms with E-state index < -0.39 is 11.8 Å². The second kappa shape index (κ2) is 21.1. The van der Waals surface area contributed by atoms with Gasteiger partial charge in [-0.2, -0.15) is 25.3 Å². The van der Waals surface area contributed by atoms with Gasteiger partial charge >= 0.3 is 11.8 Å². The topological polar surface area (TPSA) is 91.4 Å². The molecule has 22 heavy (non-hydrogen) atoms. The fourth-order valence-electron chi connectivity index (χ4n) is 1.53. The van der Waals surface area contributed by atoms with Crippen molar-refractivity contribution in [2.24, 2.45) is 0 Å². The standard InChI is InChI=1S/C12H26N4O2S2.2ClH/c17-11(15-5-1-3-13-7-9-19)12(18)16-6-2-4-14-8-10-20;;/h13-14,19-20H,1-10H2,(H,15,17)(H,16,18);2*1H. The number of nitrogens with two attached hydrogens (primary N) is 2. The van der Waals surface area contributed by atoms with E-state index in [1.165, 1.54) is 0 Å². The van der Waals surface area contributed by atoms with Crippen LogP contribution in [0.5, 0.6) is 0 Å². The van der Waals surface area contributed by atoms with Crippen molar-refractivity contribution >= 4 is 37.1 Å². The predicted molar refractivity (Wildman–Crippen MR) is 86.3 cm³/mol. The molecule has 0 saturated heterocycles. The summed E-state index contributed by atoms with van der Waals surface area (Å²) in [5.41, 5.74) is 0. The van der Waals surface area contributed by atoms with Crippen molar-refractivity contribution in [1.29, 1.82) is 0 Å². The lowest BCUT2D eigenvalue weighted by Crippen LogP contribution is -3.00. The third-order valence-electron chi connectivity index (χ3n) is 2.61. The zero-order chi connectivity index (χ0) is 15.1. The van der Waals surface area contributed by atoms with Crippen LogP contribution < -0.4 is 46.1 Å². The van der Waals surface area contributed by atoms with Gasteiger partial charge in [-0.05, 0) is 0 Å². The van der Waals surface area contributed by atoms with E-state index in [1.54, 1.807) is 0 Å². The molecule has 134 valence electrons. The van der Waals surface area contributed by atoms with Gasteiger partial charge in [0.15, 0.2) is 0 Å². The van der Waals surface area contributed by atoms with E-state index in [4.69, 9.17) is 0 Å². The van der Waals surface area contributed by atoms with Crippen LogP contribution in [0.25, 0.3) is 0 Å². The third kappa shape index (κ3) is 18.2. The zero-order valence-electron chi connectivity index (χ0n) is 12.7. The Balaban J connectivity index is -0.00000180. The molecule has 0 heterocycles. The first-order valence-electron chi connectivity index (χ1n) is 7.13. The summed E-state index contributed by atoms with van der Waals surface area (Å²) in [7, 11) is 0. The van der Waals surface area contributed by atoms with Crippen LogP contribution in [0.15, 0.2) is 0 Å². The molecule has 6 nitrogen and oxygen atoms in total. The lowest BCUT2D eigenvalue weighted by atomic mass is 10.4. The van der Waals surface area contributed by atoms with Gasteiger partial charge in [-0.3, -0.25) is 9.59 Å². The van der Waals surface area contributed by atoms with E-state index >= 15 is 0 Å². The minimum atomic E-state index is -0.543. The Morgan fingerprint density at radius 3 is 1.41 bits per heavy atom. The number of carbonyl (C=O) groups is 2. The van der Waals surface area contributed by atoms with Crippen LogP contribution in [-0.4, -0.2) is 62.6 Å². The summed E-state index contributed by atoms with van der Waals surface area (Å²) in [6.07, 6.45) is 1.71. The van der Waals surface area contributed by atoms with E-state index in [2.05, 4.69) is 46.5 Å². The lowest BCUT2D eigenvalue weighted by Gasteiger charge is -2.06. The molecule has 0 fully saturated rings. The van der Waals surface area contributed by atoms with E-state index in [9.17, 15) is 9.59 Å². The number of hydrogen-bond donors (Lipinski definition) is 6. The molecule has 6 N–H and O–H groups in total. The number of halogens is 2. The summed E-state index contributed by atoms with van der Waals surface area (Å²) in [4.78, 5) is 22.9. The molecule has 0 unspecified atom stereocenters. The number of nitrogens with one attached hydrogen (secondary N) is 2. The summed E-state index contributed by atoms with van der Waals surface area (Å²) in [5, 5.41) is 9.50. The highest BCUT2D eigenvalue weighted by Gasteiger charge is 2.11. The van der Waals surface area contributed by atoms with Gasteiger partial charge in [0.2, 0.25) is 0 Å². The number of hydrogen-bond acceptors (Lipinski definition) is 4. The Labute approximate surface area is 156 Å². The van der Waals surface area contributed by atoms with Crippen molar-refractivity contribution in [2.75, 3.05) is 50.8 Å². The van der Waals surface area contributed by atoms with Gasteiger partial charge in [0, 0.05) is 37.4 Å². The number of rotatable bonds is 12. The van der Waals surface area contributed by atoms with Crippen LogP contribution in [0.4, 0.5) is 0 Å². The molecular weight excluding hydrogens is 367 g/mol. The molecule has 0 bridgehead atoms. The molecule has 0 aromatic rings. The second-order valence-electron chi connectivity index (χ2n) is 4.40. The third-order valence-corrected chi connectivity index (χ3v) is 3.13. The highest BCUT2D eigenvalue weighted by molar-refractivity contribution is 7.80. The van der Waals surface area contributed by atoms with Crippen LogP contribution in [0, 0.1) is 0 Å². The monoisotopic (exact) mass is 394 g/mol. The van der Waals surface area contributed by atoms with Crippen LogP contribution in [0.3, 0.4) is 0 Å². The molecule has 0 aromatic carbocycles. The van der Waals surface area contributed by atoms with Crippen molar-refractivity contribution in [2.45, 2.75) is 12.8 Å². The van der Waals surface area contributed by atoms with E-state index in [0.717, 1.165) is 50.5 Å². The first kappa shape index (κ1) is 27.0. The molecule has 0 atom stereocenters. The SMILES string of the molecule is O=C(NCCC[NH2+]CCS)C(=O)NCCC[NH2+]CCS.[Cl-].[Cl-]. The van der Waals surface area contributed by atoms with Crippen molar-refractivity contribution in [3.8, 4) is 0 Å². The van der Waals surface area contributed by atoms with Crippen molar-refractivity contribution in [3.05, 3.63) is 0 Å². The van der Waals surface area contributed by atoms with E-state index in [1.807, 2.05) is 0 Å². The molecule has 0 spiro atoms. The van der Waals surface area contributed by atoms with Crippen LogP contribution in [0.2, 0.25) is 0 Å². The zero-order valence-corrected chi connectivity index (χ0v) is 16.0. The molecule has 2 amide bonds. The van der Waals surface area contributed by atoms with E-state index in [0.29, 0.717) is 13.1 Å². The molecule has 0 aliphatic carbocycles. The van der Waals surface area contributed by atoms with Gasteiger partial charge in [-0.25, -0.2) is 0 Å². The second-order valence-corrected chi connectivity index (χ2v) is 5.29. The van der Waals surface area contributed by atoms with Gasteiger partial charge < -0.3 is 46.1 Å². The molecule has 0 aliphatic rings. The maximum absolute atomic E-state index is 11.4. The van der Waals surface area contributed by atoms with E-state index in [-0.39, 0.29) is 24.8 Å². The Hall–Kier alpha value is 0.140. The fourth-order valence-corrected chi connectivity index (χ4v) is 1.89. The average Bonchev–Trinajstić information content (AvgIpc) is 2.45. The summed E-state index contributed by atoms with van der Waals surface area (Å²) in [5.74, 6) is 0.609. The Kier molecular flexibility index (Phi) is 26.0. The number of amides is 2. The highest BCUT2D eigenvalue weighted by Crippen LogP contribution is 1.75. The molecule has 10 heteroatoms. The minimum absolute atomic E-state index is 0. The number of carbonyl (C=O) groups excluding carboxylic acids is 2. The number of quaternary nitrogens is 2.